The maximum absolute atomic E-state index is 14.8. The van der Waals surface area contributed by atoms with Gasteiger partial charge in [0.1, 0.15) is 11.7 Å². The fourth-order valence-corrected chi connectivity index (χ4v) is 6.47. The fraction of sp³-hybridized carbons (Fsp3) is 0.412. The van der Waals surface area contributed by atoms with E-state index >= 15 is 0 Å². The Morgan fingerprint density at radius 2 is 1.89 bits per heavy atom. The second-order valence-electron chi connectivity index (χ2n) is 11.9. The number of rotatable bonds is 8. The number of piperidine rings is 1. The van der Waals surface area contributed by atoms with Crippen LogP contribution >= 0.6 is 11.6 Å². The van der Waals surface area contributed by atoms with E-state index in [1.165, 1.54) is 6.07 Å². The second kappa shape index (κ2) is 12.8. The van der Waals surface area contributed by atoms with Crippen molar-refractivity contribution in [2.45, 2.75) is 50.4 Å². The number of aromatic carboxylic acids is 1. The molecule has 1 N–H and O–H groups in total. The minimum absolute atomic E-state index is 0.180. The number of benzene rings is 3. The van der Waals surface area contributed by atoms with Gasteiger partial charge in [0, 0.05) is 37.7 Å². The van der Waals surface area contributed by atoms with Crippen molar-refractivity contribution in [3.05, 3.63) is 88.2 Å². The summed E-state index contributed by atoms with van der Waals surface area (Å²) < 4.78 is 33.3. The number of para-hydroxylation sites is 1. The number of fused-ring (bicyclic) bond motifs is 1. The summed E-state index contributed by atoms with van der Waals surface area (Å²) in [6, 6.07) is 17.1. The normalized spacial score (nSPS) is 22.4. The molecule has 6 rings (SSSR count). The van der Waals surface area contributed by atoms with Crippen LogP contribution in [0.1, 0.15) is 60.0 Å². The monoisotopic (exact) mass is 621 g/mol. The summed E-state index contributed by atoms with van der Waals surface area (Å²) in [4.78, 5) is 20.8. The Kier molecular flexibility index (Phi) is 8.80. The topological polar surface area (TPSA) is 83.8 Å². The molecule has 2 unspecified atom stereocenters. The third-order valence-corrected chi connectivity index (χ3v) is 8.97. The highest BCUT2D eigenvalue weighted by Crippen LogP contribution is 2.49. The van der Waals surface area contributed by atoms with Crippen LogP contribution in [0.4, 0.5) is 10.1 Å². The number of hydrogen-bond acceptors (Lipinski definition) is 6. The summed E-state index contributed by atoms with van der Waals surface area (Å²) in [5, 5.41) is 9.60. The molecule has 0 aliphatic carbocycles. The summed E-state index contributed by atoms with van der Waals surface area (Å²) in [6.45, 7) is 5.67. The molecule has 3 heterocycles. The van der Waals surface area contributed by atoms with Crippen molar-refractivity contribution in [3.8, 4) is 11.5 Å². The molecule has 0 bridgehead atoms. The highest BCUT2D eigenvalue weighted by Gasteiger charge is 2.43. The first-order valence-corrected chi connectivity index (χ1v) is 15.5. The summed E-state index contributed by atoms with van der Waals surface area (Å²) in [5.74, 6) is -0.248. The zero-order valence-electron chi connectivity index (χ0n) is 25.0. The highest BCUT2D eigenvalue weighted by molar-refractivity contribution is 6.30. The standard InChI is InChI=1S/C34H37ClFN3O5/c1-34(28-13-10-24(35)19-29(28)36)43-30-7-3-6-27(32(30)44-34)22-14-16-39(17-15-22)21-31(38(2)20-26-5-4-18-42-26)37-25-11-8-23(9-12-25)33(40)41/h3,6-13,19,22,26H,4-5,14-18,20-21H2,1-2H3,(H,40,41). The number of halogens is 2. The van der Waals surface area contributed by atoms with Gasteiger partial charge in [-0.25, -0.2) is 14.2 Å². The molecule has 3 aliphatic heterocycles. The molecule has 0 saturated carbocycles. The minimum atomic E-state index is -1.28. The predicted octanol–water partition coefficient (Wildman–Crippen LogP) is 6.84. The van der Waals surface area contributed by atoms with Crippen LogP contribution in [0.2, 0.25) is 5.02 Å². The van der Waals surface area contributed by atoms with Crippen LogP contribution in [0.5, 0.6) is 11.5 Å². The van der Waals surface area contributed by atoms with Crippen LogP contribution in [-0.2, 0) is 10.5 Å². The molecular weight excluding hydrogens is 585 g/mol. The lowest BCUT2D eigenvalue weighted by Crippen LogP contribution is -2.44. The molecule has 0 spiro atoms. The Labute approximate surface area is 262 Å². The average Bonchev–Trinajstić information content (AvgIpc) is 3.64. The number of carboxylic acid groups (broad SMARTS) is 1. The van der Waals surface area contributed by atoms with Crippen molar-refractivity contribution in [2.75, 3.05) is 39.8 Å². The molecule has 10 heteroatoms. The van der Waals surface area contributed by atoms with E-state index in [-0.39, 0.29) is 17.6 Å². The fourth-order valence-electron chi connectivity index (χ4n) is 6.31. The van der Waals surface area contributed by atoms with Crippen LogP contribution in [-0.4, -0.2) is 72.6 Å². The molecule has 0 amide bonds. The van der Waals surface area contributed by atoms with Crippen molar-refractivity contribution in [1.82, 2.24) is 9.80 Å². The lowest BCUT2D eigenvalue weighted by molar-refractivity contribution is -0.0711. The molecule has 3 aliphatic rings. The third-order valence-electron chi connectivity index (χ3n) is 8.74. The summed E-state index contributed by atoms with van der Waals surface area (Å²) in [7, 11) is 2.05. The first-order valence-electron chi connectivity index (χ1n) is 15.1. The smallest absolute Gasteiger partial charge is 0.335 e. The quantitative estimate of drug-likeness (QED) is 0.218. The van der Waals surface area contributed by atoms with Gasteiger partial charge in [0.2, 0.25) is 0 Å². The molecule has 2 saturated heterocycles. The Balaban J connectivity index is 1.15. The summed E-state index contributed by atoms with van der Waals surface area (Å²) in [5.41, 5.74) is 2.33. The number of carbonyl (C=O) groups is 1. The minimum Gasteiger partial charge on any atom is -0.478 e. The second-order valence-corrected chi connectivity index (χ2v) is 12.3. The van der Waals surface area contributed by atoms with Crippen LogP contribution < -0.4 is 9.47 Å². The first kappa shape index (κ1) is 30.4. The number of aliphatic imine (C=N–C) groups is 1. The highest BCUT2D eigenvalue weighted by atomic mass is 35.5. The van der Waals surface area contributed by atoms with Crippen LogP contribution in [0, 0.1) is 5.82 Å². The van der Waals surface area contributed by atoms with Gasteiger partial charge >= 0.3 is 5.97 Å². The molecule has 2 atom stereocenters. The predicted molar refractivity (Wildman–Crippen MR) is 167 cm³/mol. The largest absolute Gasteiger partial charge is 0.478 e. The van der Waals surface area contributed by atoms with Crippen LogP contribution in [0.3, 0.4) is 0 Å². The van der Waals surface area contributed by atoms with Crippen LogP contribution in [0.25, 0.3) is 0 Å². The molecule has 8 nitrogen and oxygen atoms in total. The van der Waals surface area contributed by atoms with Gasteiger partial charge in [-0.05, 0) is 93.2 Å². The number of amidine groups is 1. The van der Waals surface area contributed by atoms with E-state index in [0.29, 0.717) is 28.6 Å². The van der Waals surface area contributed by atoms with Crippen LogP contribution in [0.15, 0.2) is 65.7 Å². The van der Waals surface area contributed by atoms with E-state index < -0.39 is 17.6 Å². The molecular formula is C34H37ClFN3O5. The lowest BCUT2D eigenvalue weighted by Gasteiger charge is -2.35. The summed E-state index contributed by atoms with van der Waals surface area (Å²) in [6.07, 6.45) is 4.12. The van der Waals surface area contributed by atoms with Gasteiger partial charge in [0.15, 0.2) is 11.5 Å². The van der Waals surface area contributed by atoms with Gasteiger partial charge in [-0.2, -0.15) is 0 Å². The molecule has 3 aromatic rings. The average molecular weight is 622 g/mol. The third kappa shape index (κ3) is 6.55. The number of carboxylic acids is 1. The van der Waals surface area contributed by atoms with E-state index in [4.69, 9.17) is 30.8 Å². The Morgan fingerprint density at radius 3 is 2.57 bits per heavy atom. The van der Waals surface area contributed by atoms with Gasteiger partial charge in [-0.1, -0.05) is 23.7 Å². The molecule has 44 heavy (non-hydrogen) atoms. The Hall–Kier alpha value is -3.66. The van der Waals surface area contributed by atoms with E-state index in [1.54, 1.807) is 43.3 Å². The van der Waals surface area contributed by atoms with Crippen molar-refractivity contribution in [3.63, 3.8) is 0 Å². The number of likely N-dealkylation sites (N-methyl/N-ethyl adjacent to an activating group) is 1. The SMILES string of the molecule is CN(CC1CCCO1)C(CN1CCC(c2cccc3c2OC(C)(c2ccc(Cl)cc2F)O3)CC1)=Nc1ccc(C(=O)O)cc1. The molecule has 0 radical (unpaired) electrons. The van der Waals surface area contributed by atoms with Gasteiger partial charge in [0.25, 0.3) is 5.79 Å². The van der Waals surface area contributed by atoms with E-state index in [9.17, 15) is 14.3 Å². The Bertz CT molecular complexity index is 1540. The first-order chi connectivity index (χ1) is 21.2. The van der Waals surface area contributed by atoms with E-state index in [0.717, 1.165) is 69.0 Å². The number of hydrogen-bond donors (Lipinski definition) is 1. The van der Waals surface area contributed by atoms with Crippen molar-refractivity contribution >= 4 is 29.1 Å². The van der Waals surface area contributed by atoms with Gasteiger partial charge in [-0.15, -0.1) is 0 Å². The van der Waals surface area contributed by atoms with E-state index in [2.05, 4.69) is 15.9 Å². The molecule has 2 fully saturated rings. The van der Waals surface area contributed by atoms with Gasteiger partial charge in [-0.3, -0.25) is 4.90 Å². The lowest BCUT2D eigenvalue weighted by atomic mass is 9.88. The van der Waals surface area contributed by atoms with Crippen molar-refractivity contribution < 1.29 is 28.5 Å². The molecule has 3 aromatic carbocycles. The van der Waals surface area contributed by atoms with Crippen molar-refractivity contribution in [1.29, 1.82) is 0 Å². The Morgan fingerprint density at radius 1 is 1.11 bits per heavy atom. The number of likely N-dealkylation sites (tertiary alicyclic amines) is 1. The van der Waals surface area contributed by atoms with E-state index in [1.807, 2.05) is 19.2 Å². The zero-order valence-corrected chi connectivity index (χ0v) is 25.7. The number of ether oxygens (including phenoxy) is 3. The molecule has 232 valence electrons. The maximum atomic E-state index is 14.8. The zero-order chi connectivity index (χ0) is 30.8. The van der Waals surface area contributed by atoms with Gasteiger partial charge < -0.3 is 24.2 Å². The van der Waals surface area contributed by atoms with Crippen molar-refractivity contribution in [2.24, 2.45) is 4.99 Å². The van der Waals surface area contributed by atoms with Gasteiger partial charge in [0.05, 0.1) is 29.5 Å². The maximum Gasteiger partial charge on any atom is 0.335 e. The number of nitrogens with zero attached hydrogens (tertiary/aromatic N) is 3. The molecule has 0 aromatic heterocycles. The summed E-state index contributed by atoms with van der Waals surface area (Å²) >= 11 is 5.98.